The van der Waals surface area contributed by atoms with E-state index < -0.39 is 12.1 Å². The molecular formula is C12H16O4. The van der Waals surface area contributed by atoms with Crippen molar-refractivity contribution in [1.29, 1.82) is 0 Å². The second-order valence-corrected chi connectivity index (χ2v) is 3.69. The molecule has 1 aliphatic rings. The van der Waals surface area contributed by atoms with Crippen LogP contribution in [0.2, 0.25) is 0 Å². The first kappa shape index (κ1) is 11.5. The maximum absolute atomic E-state index is 10.4. The van der Waals surface area contributed by atoms with Crippen molar-refractivity contribution in [3.63, 3.8) is 0 Å². The summed E-state index contributed by atoms with van der Waals surface area (Å²) in [6.07, 6.45) is 0.0686. The monoisotopic (exact) mass is 224 g/mol. The van der Waals surface area contributed by atoms with Crippen molar-refractivity contribution in [1.82, 2.24) is 0 Å². The molecule has 88 valence electrons. The second kappa shape index (κ2) is 4.93. The lowest BCUT2D eigenvalue weighted by Gasteiger charge is -2.36. The molecule has 0 spiro atoms. The summed E-state index contributed by atoms with van der Waals surface area (Å²) < 4.78 is 16.0. The molecule has 1 unspecified atom stereocenters. The lowest BCUT2D eigenvalue weighted by Crippen LogP contribution is -2.46. The number of aliphatic hydroxyl groups is 1. The molecule has 1 fully saturated rings. The van der Waals surface area contributed by atoms with Gasteiger partial charge >= 0.3 is 0 Å². The Kier molecular flexibility index (Phi) is 3.56. The summed E-state index contributed by atoms with van der Waals surface area (Å²) in [5.74, 6) is -1.54. The zero-order valence-electron chi connectivity index (χ0n) is 9.26. The average molecular weight is 224 g/mol. The van der Waals surface area contributed by atoms with Gasteiger partial charge in [0, 0.05) is 12.7 Å². The molecular weight excluding hydrogens is 208 g/mol. The van der Waals surface area contributed by atoms with Crippen LogP contribution >= 0.6 is 0 Å². The van der Waals surface area contributed by atoms with E-state index in [1.54, 1.807) is 12.1 Å². The number of benzene rings is 1. The Morgan fingerprint density at radius 1 is 1.25 bits per heavy atom. The van der Waals surface area contributed by atoms with E-state index in [2.05, 4.69) is 0 Å². The standard InChI is InChI=1S/C12H16O4/c1-14-12(13,10-6-3-2-4-7-10)11-15-8-5-9-16-11/h2-4,6-7,11,13H,5,8-9H2,1H3. The van der Waals surface area contributed by atoms with Gasteiger partial charge in [-0.25, -0.2) is 0 Å². The molecule has 1 heterocycles. The third-order valence-electron chi connectivity index (χ3n) is 2.65. The van der Waals surface area contributed by atoms with Crippen molar-refractivity contribution < 1.29 is 19.3 Å². The highest BCUT2D eigenvalue weighted by Crippen LogP contribution is 2.30. The molecule has 16 heavy (non-hydrogen) atoms. The molecule has 0 radical (unpaired) electrons. The zero-order chi connectivity index (χ0) is 11.4. The summed E-state index contributed by atoms with van der Waals surface area (Å²) in [6.45, 7) is 1.15. The minimum absolute atomic E-state index is 0.573. The van der Waals surface area contributed by atoms with Crippen LogP contribution in [0.5, 0.6) is 0 Å². The maximum atomic E-state index is 10.4. The van der Waals surface area contributed by atoms with Gasteiger partial charge in [-0.2, -0.15) is 0 Å². The van der Waals surface area contributed by atoms with Gasteiger partial charge in [0.1, 0.15) is 0 Å². The van der Waals surface area contributed by atoms with Crippen LogP contribution in [-0.2, 0) is 20.0 Å². The lowest BCUT2D eigenvalue weighted by molar-refractivity contribution is -0.350. The molecule has 1 N–H and O–H groups in total. The first-order valence-corrected chi connectivity index (χ1v) is 5.33. The molecule has 0 saturated carbocycles. The van der Waals surface area contributed by atoms with Crippen LogP contribution in [0.25, 0.3) is 0 Å². The summed E-state index contributed by atoms with van der Waals surface area (Å²) in [5.41, 5.74) is 0.629. The Labute approximate surface area is 94.8 Å². The Balaban J connectivity index is 2.24. The largest absolute Gasteiger partial charge is 0.358 e. The average Bonchev–Trinajstić information content (AvgIpc) is 2.40. The smallest absolute Gasteiger partial charge is 0.245 e. The third-order valence-corrected chi connectivity index (χ3v) is 2.65. The second-order valence-electron chi connectivity index (χ2n) is 3.69. The number of methoxy groups -OCH3 is 1. The van der Waals surface area contributed by atoms with Crippen molar-refractivity contribution in [3.8, 4) is 0 Å². The van der Waals surface area contributed by atoms with Crippen LogP contribution in [0.3, 0.4) is 0 Å². The summed E-state index contributed by atoms with van der Waals surface area (Å²) in [5, 5.41) is 10.4. The minimum Gasteiger partial charge on any atom is -0.358 e. The summed E-state index contributed by atoms with van der Waals surface area (Å²) in [7, 11) is 1.44. The van der Waals surface area contributed by atoms with Crippen molar-refractivity contribution in [2.75, 3.05) is 20.3 Å². The van der Waals surface area contributed by atoms with Gasteiger partial charge < -0.3 is 19.3 Å². The molecule has 1 saturated heterocycles. The fourth-order valence-electron chi connectivity index (χ4n) is 1.74. The number of rotatable bonds is 3. The van der Waals surface area contributed by atoms with Gasteiger partial charge in [-0.05, 0) is 6.42 Å². The number of ether oxygens (including phenoxy) is 3. The summed E-state index contributed by atoms with van der Waals surface area (Å²) in [6, 6.07) is 9.11. The molecule has 0 amide bonds. The van der Waals surface area contributed by atoms with Crippen molar-refractivity contribution in [2.24, 2.45) is 0 Å². The van der Waals surface area contributed by atoms with Crippen LogP contribution in [0.4, 0.5) is 0 Å². The van der Waals surface area contributed by atoms with E-state index in [0.29, 0.717) is 18.8 Å². The van der Waals surface area contributed by atoms with Gasteiger partial charge in [0.05, 0.1) is 13.2 Å². The maximum Gasteiger partial charge on any atom is 0.245 e. The van der Waals surface area contributed by atoms with E-state index in [9.17, 15) is 5.11 Å². The molecule has 0 aliphatic carbocycles. The van der Waals surface area contributed by atoms with E-state index in [1.165, 1.54) is 7.11 Å². The number of hydrogen-bond acceptors (Lipinski definition) is 4. The normalized spacial score (nSPS) is 21.6. The van der Waals surface area contributed by atoms with Gasteiger partial charge in [-0.3, -0.25) is 0 Å². The topological polar surface area (TPSA) is 47.9 Å². The Morgan fingerprint density at radius 2 is 1.88 bits per heavy atom. The van der Waals surface area contributed by atoms with E-state index >= 15 is 0 Å². The first-order valence-electron chi connectivity index (χ1n) is 5.33. The molecule has 4 nitrogen and oxygen atoms in total. The zero-order valence-corrected chi connectivity index (χ0v) is 9.26. The van der Waals surface area contributed by atoms with Crippen molar-refractivity contribution >= 4 is 0 Å². The van der Waals surface area contributed by atoms with E-state index in [1.807, 2.05) is 18.2 Å². The fraction of sp³-hybridized carbons (Fsp3) is 0.500. The SMILES string of the molecule is COC(O)(c1ccccc1)C1OCCCO1. The predicted octanol–water partition coefficient (Wildman–Crippen LogP) is 1.24. The van der Waals surface area contributed by atoms with Crippen LogP contribution in [-0.4, -0.2) is 31.7 Å². The Hall–Kier alpha value is -0.940. The minimum atomic E-state index is -1.54. The molecule has 0 bridgehead atoms. The van der Waals surface area contributed by atoms with Gasteiger partial charge in [0.2, 0.25) is 12.1 Å². The molecule has 0 aromatic heterocycles. The van der Waals surface area contributed by atoms with Gasteiger partial charge in [0.25, 0.3) is 0 Å². The molecule has 4 heteroatoms. The highest BCUT2D eigenvalue weighted by atomic mass is 16.7. The molecule has 1 aromatic carbocycles. The Bertz CT molecular complexity index is 321. The van der Waals surface area contributed by atoms with Crippen LogP contribution < -0.4 is 0 Å². The van der Waals surface area contributed by atoms with Crippen molar-refractivity contribution in [2.45, 2.75) is 18.5 Å². The lowest BCUT2D eigenvalue weighted by atomic mass is 10.1. The van der Waals surface area contributed by atoms with Gasteiger partial charge in [-0.1, -0.05) is 30.3 Å². The van der Waals surface area contributed by atoms with Crippen LogP contribution in [0.1, 0.15) is 12.0 Å². The van der Waals surface area contributed by atoms with E-state index in [-0.39, 0.29) is 0 Å². The quantitative estimate of drug-likeness (QED) is 0.785. The van der Waals surface area contributed by atoms with Gasteiger partial charge in [-0.15, -0.1) is 0 Å². The number of hydrogen-bond donors (Lipinski definition) is 1. The summed E-state index contributed by atoms with van der Waals surface area (Å²) >= 11 is 0. The highest BCUT2D eigenvalue weighted by molar-refractivity contribution is 5.20. The van der Waals surface area contributed by atoms with Crippen LogP contribution in [0.15, 0.2) is 30.3 Å². The predicted molar refractivity (Wildman–Crippen MR) is 57.7 cm³/mol. The third kappa shape index (κ3) is 2.10. The van der Waals surface area contributed by atoms with Crippen molar-refractivity contribution in [3.05, 3.63) is 35.9 Å². The van der Waals surface area contributed by atoms with E-state index in [4.69, 9.17) is 14.2 Å². The molecule has 2 rings (SSSR count). The van der Waals surface area contributed by atoms with Crippen LogP contribution in [0, 0.1) is 0 Å². The first-order chi connectivity index (χ1) is 7.77. The molecule has 1 atom stereocenters. The van der Waals surface area contributed by atoms with Gasteiger partial charge in [0.15, 0.2) is 0 Å². The highest BCUT2D eigenvalue weighted by Gasteiger charge is 2.42. The van der Waals surface area contributed by atoms with E-state index in [0.717, 1.165) is 6.42 Å². The Morgan fingerprint density at radius 3 is 2.44 bits per heavy atom. The fourth-order valence-corrected chi connectivity index (χ4v) is 1.74. The molecule has 1 aliphatic heterocycles. The molecule has 1 aromatic rings. The summed E-state index contributed by atoms with van der Waals surface area (Å²) in [4.78, 5) is 0.